The number of benzene rings is 1. The molecule has 1 aromatic carbocycles. The molecule has 26 heavy (non-hydrogen) atoms. The van der Waals surface area contributed by atoms with Crippen molar-refractivity contribution >= 4 is 11.7 Å². The molecule has 1 fully saturated rings. The van der Waals surface area contributed by atoms with Crippen molar-refractivity contribution in [1.29, 1.82) is 0 Å². The summed E-state index contributed by atoms with van der Waals surface area (Å²) in [5.41, 5.74) is 2.09. The molecule has 0 bridgehead atoms. The largest absolute Gasteiger partial charge is 0.366 e. The topological polar surface area (TPSA) is 48.5 Å². The zero-order chi connectivity index (χ0) is 18.7. The summed E-state index contributed by atoms with van der Waals surface area (Å²) < 4.78 is 27.3. The van der Waals surface area contributed by atoms with Gasteiger partial charge in [-0.1, -0.05) is 12.1 Å². The number of carbonyl (C=O) groups excluding carboxylic acids is 1. The molecule has 7 heteroatoms. The Morgan fingerprint density at radius 1 is 1.15 bits per heavy atom. The van der Waals surface area contributed by atoms with Gasteiger partial charge < -0.3 is 15.1 Å². The molecule has 0 saturated carbocycles. The summed E-state index contributed by atoms with van der Waals surface area (Å²) in [7, 11) is 0. The number of anilines is 1. The summed E-state index contributed by atoms with van der Waals surface area (Å²) in [5.74, 6) is -1.70. The molecule has 1 aliphatic heterocycles. The minimum absolute atomic E-state index is 0.179. The van der Waals surface area contributed by atoms with Gasteiger partial charge in [-0.05, 0) is 37.6 Å². The van der Waals surface area contributed by atoms with Gasteiger partial charge in [-0.2, -0.15) is 0 Å². The van der Waals surface area contributed by atoms with Gasteiger partial charge in [-0.15, -0.1) is 0 Å². The number of amides is 2. The van der Waals surface area contributed by atoms with Gasteiger partial charge in [-0.3, -0.25) is 4.98 Å². The number of nitrogens with zero attached hydrogens (tertiary/aromatic N) is 3. The number of urea groups is 1. The van der Waals surface area contributed by atoms with Crippen molar-refractivity contribution in [3.63, 3.8) is 0 Å². The standard InChI is InChI=1S/C19H22F2N4O/c1-13-5-4-8-22-18(13)14(2)23-19(26)25-11-9-24(10-12-25)16-7-3-6-15(20)17(16)21/h3-8,14H,9-12H2,1-2H3,(H,23,26). The number of rotatable bonds is 3. The van der Waals surface area contributed by atoms with Gasteiger partial charge in [0.2, 0.25) is 0 Å². The molecule has 5 nitrogen and oxygen atoms in total. The summed E-state index contributed by atoms with van der Waals surface area (Å²) in [6.07, 6.45) is 1.71. The van der Waals surface area contributed by atoms with E-state index in [1.807, 2.05) is 26.0 Å². The molecule has 1 N–H and O–H groups in total. The second kappa shape index (κ2) is 7.68. The molecule has 1 saturated heterocycles. The number of pyridine rings is 1. The van der Waals surface area contributed by atoms with E-state index in [0.717, 1.165) is 17.3 Å². The summed E-state index contributed by atoms with van der Waals surface area (Å²) >= 11 is 0. The summed E-state index contributed by atoms with van der Waals surface area (Å²) in [6.45, 7) is 5.63. The minimum atomic E-state index is -0.859. The third-order valence-electron chi connectivity index (χ3n) is 4.64. The number of hydrogen-bond donors (Lipinski definition) is 1. The number of piperazine rings is 1. The Bertz CT molecular complexity index is 791. The summed E-state index contributed by atoms with van der Waals surface area (Å²) in [4.78, 5) is 20.3. The van der Waals surface area contributed by atoms with Crippen LogP contribution in [-0.2, 0) is 0 Å². The average molecular weight is 360 g/mol. The van der Waals surface area contributed by atoms with Crippen LogP contribution in [-0.4, -0.2) is 42.1 Å². The van der Waals surface area contributed by atoms with Crippen molar-refractivity contribution in [2.75, 3.05) is 31.1 Å². The molecular weight excluding hydrogens is 338 g/mol. The van der Waals surface area contributed by atoms with Crippen LogP contribution in [0.5, 0.6) is 0 Å². The SMILES string of the molecule is Cc1cccnc1C(C)NC(=O)N1CCN(c2cccc(F)c2F)CC1. The highest BCUT2D eigenvalue weighted by molar-refractivity contribution is 5.75. The number of hydrogen-bond acceptors (Lipinski definition) is 3. The number of halogens is 2. The van der Waals surface area contributed by atoms with Gasteiger partial charge in [0, 0.05) is 32.4 Å². The molecule has 3 rings (SSSR count). The van der Waals surface area contributed by atoms with E-state index in [0.29, 0.717) is 26.2 Å². The van der Waals surface area contributed by atoms with Crippen molar-refractivity contribution in [3.05, 3.63) is 59.4 Å². The third kappa shape index (κ3) is 3.76. The lowest BCUT2D eigenvalue weighted by Crippen LogP contribution is -2.52. The van der Waals surface area contributed by atoms with Crippen LogP contribution in [0.25, 0.3) is 0 Å². The summed E-state index contributed by atoms with van der Waals surface area (Å²) in [6, 6.07) is 7.58. The van der Waals surface area contributed by atoms with Crippen molar-refractivity contribution in [1.82, 2.24) is 15.2 Å². The van der Waals surface area contributed by atoms with Crippen molar-refractivity contribution < 1.29 is 13.6 Å². The van der Waals surface area contributed by atoms with E-state index in [1.54, 1.807) is 22.1 Å². The first-order valence-electron chi connectivity index (χ1n) is 8.63. The van der Waals surface area contributed by atoms with Crippen molar-refractivity contribution in [2.24, 2.45) is 0 Å². The van der Waals surface area contributed by atoms with Crippen LogP contribution < -0.4 is 10.2 Å². The second-order valence-electron chi connectivity index (χ2n) is 6.42. The smallest absolute Gasteiger partial charge is 0.318 e. The monoisotopic (exact) mass is 360 g/mol. The molecule has 138 valence electrons. The molecule has 1 unspecified atom stereocenters. The molecule has 1 atom stereocenters. The number of aromatic nitrogens is 1. The number of carbonyl (C=O) groups is 1. The zero-order valence-electron chi connectivity index (χ0n) is 14.9. The predicted molar refractivity (Wildman–Crippen MR) is 96.1 cm³/mol. The molecule has 1 aromatic heterocycles. The van der Waals surface area contributed by atoms with E-state index >= 15 is 0 Å². The zero-order valence-corrected chi connectivity index (χ0v) is 14.9. The Labute approximate surface area is 151 Å². The number of aryl methyl sites for hydroxylation is 1. The highest BCUT2D eigenvalue weighted by Gasteiger charge is 2.25. The molecular formula is C19H22F2N4O. The van der Waals surface area contributed by atoms with Crippen molar-refractivity contribution in [3.8, 4) is 0 Å². The normalized spacial score (nSPS) is 15.7. The van der Waals surface area contributed by atoms with Crippen LogP contribution in [0.2, 0.25) is 0 Å². The lowest BCUT2D eigenvalue weighted by atomic mass is 10.1. The molecule has 2 heterocycles. The van der Waals surface area contributed by atoms with Gasteiger partial charge in [0.1, 0.15) is 0 Å². The van der Waals surface area contributed by atoms with Crippen molar-refractivity contribution in [2.45, 2.75) is 19.9 Å². The third-order valence-corrected chi connectivity index (χ3v) is 4.64. The van der Waals surface area contributed by atoms with E-state index in [-0.39, 0.29) is 17.8 Å². The lowest BCUT2D eigenvalue weighted by Gasteiger charge is -2.36. The van der Waals surface area contributed by atoms with E-state index in [9.17, 15) is 13.6 Å². The van der Waals surface area contributed by atoms with Gasteiger partial charge >= 0.3 is 6.03 Å². The first-order chi connectivity index (χ1) is 12.5. The van der Waals surface area contributed by atoms with Crippen LogP contribution in [0.1, 0.15) is 24.2 Å². The molecule has 2 amide bonds. The predicted octanol–water partition coefficient (Wildman–Crippen LogP) is 3.26. The minimum Gasteiger partial charge on any atom is -0.366 e. The molecule has 0 aliphatic carbocycles. The fourth-order valence-electron chi connectivity index (χ4n) is 3.18. The van der Waals surface area contributed by atoms with E-state index in [2.05, 4.69) is 10.3 Å². The molecule has 0 spiro atoms. The van der Waals surface area contributed by atoms with E-state index < -0.39 is 11.6 Å². The van der Waals surface area contributed by atoms with Gasteiger partial charge in [-0.25, -0.2) is 13.6 Å². The average Bonchev–Trinajstić information content (AvgIpc) is 2.64. The Morgan fingerprint density at radius 2 is 1.88 bits per heavy atom. The van der Waals surface area contributed by atoms with Gasteiger partial charge in [0.15, 0.2) is 11.6 Å². The van der Waals surface area contributed by atoms with E-state index in [1.165, 1.54) is 6.07 Å². The maximum absolute atomic E-state index is 13.9. The van der Waals surface area contributed by atoms with Crippen LogP contribution in [0, 0.1) is 18.6 Å². The quantitative estimate of drug-likeness (QED) is 0.914. The lowest BCUT2D eigenvalue weighted by molar-refractivity contribution is 0.190. The first-order valence-corrected chi connectivity index (χ1v) is 8.63. The molecule has 1 aliphatic rings. The fourth-order valence-corrected chi connectivity index (χ4v) is 3.18. The maximum atomic E-state index is 13.9. The molecule has 0 radical (unpaired) electrons. The Kier molecular flexibility index (Phi) is 5.35. The molecule has 2 aromatic rings. The Morgan fingerprint density at radius 3 is 2.58 bits per heavy atom. The van der Waals surface area contributed by atoms with Crippen LogP contribution in [0.15, 0.2) is 36.5 Å². The highest BCUT2D eigenvalue weighted by Crippen LogP contribution is 2.23. The van der Waals surface area contributed by atoms with Gasteiger partial charge in [0.25, 0.3) is 0 Å². The number of nitrogens with one attached hydrogen (secondary N) is 1. The fraction of sp³-hybridized carbons (Fsp3) is 0.368. The first kappa shape index (κ1) is 18.1. The second-order valence-corrected chi connectivity index (χ2v) is 6.42. The van der Waals surface area contributed by atoms with E-state index in [4.69, 9.17) is 0 Å². The highest BCUT2D eigenvalue weighted by atomic mass is 19.2. The van der Waals surface area contributed by atoms with Crippen LogP contribution in [0.3, 0.4) is 0 Å². The maximum Gasteiger partial charge on any atom is 0.318 e. The van der Waals surface area contributed by atoms with Gasteiger partial charge in [0.05, 0.1) is 17.4 Å². The Balaban J connectivity index is 1.58. The van der Waals surface area contributed by atoms with Crippen LogP contribution >= 0.6 is 0 Å². The summed E-state index contributed by atoms with van der Waals surface area (Å²) in [5, 5.41) is 2.95. The Hall–Kier alpha value is -2.70. The van der Waals surface area contributed by atoms with Crippen LogP contribution in [0.4, 0.5) is 19.3 Å².